The van der Waals surface area contributed by atoms with Crippen LogP contribution in [0.25, 0.3) is 5.57 Å². The summed E-state index contributed by atoms with van der Waals surface area (Å²) >= 11 is 6.40. The maximum Gasteiger partial charge on any atom is 0.332 e. The number of hydrogen-bond acceptors (Lipinski definition) is 3. The van der Waals surface area contributed by atoms with Crippen LogP contribution >= 0.6 is 11.6 Å². The van der Waals surface area contributed by atoms with Gasteiger partial charge in [0.2, 0.25) is 0 Å². The molecule has 0 saturated carbocycles. The van der Waals surface area contributed by atoms with Crippen LogP contribution < -0.4 is 0 Å². The summed E-state index contributed by atoms with van der Waals surface area (Å²) in [6.07, 6.45) is 8.37. The van der Waals surface area contributed by atoms with Crippen molar-refractivity contribution in [1.29, 1.82) is 0 Å². The van der Waals surface area contributed by atoms with Crippen LogP contribution in [0.1, 0.15) is 49.3 Å². The molecule has 2 aromatic heterocycles. The Balaban J connectivity index is 2.06. The highest BCUT2D eigenvalue weighted by Crippen LogP contribution is 2.26. The van der Waals surface area contributed by atoms with Crippen molar-refractivity contribution in [2.45, 2.75) is 46.1 Å². The molecule has 0 radical (unpaired) electrons. The van der Waals surface area contributed by atoms with Crippen molar-refractivity contribution >= 4 is 23.1 Å². The number of allylic oxidation sites excluding steroid dienone is 1. The fourth-order valence-electron chi connectivity index (χ4n) is 3.45. The third kappa shape index (κ3) is 5.16. The predicted octanol–water partition coefficient (Wildman–Crippen LogP) is 5.42. The number of aliphatic carboxylic acids is 1. The lowest BCUT2D eigenvalue weighted by molar-refractivity contribution is -0.132. The maximum atomic E-state index is 12.1. The standard InChI is InChI=1S/C24H26ClN3O2/c1-3-4-9-23-27-15-22(28(23)16-19-7-5-6-8-21(19)25)17(2)20(24(29)30)14-18-10-12-26-13-11-18/h5-8,10-13,15H,3-4,9,14,16H2,1-2H3,(H,29,30). The number of aryl methyl sites for hydroxylation is 1. The second kappa shape index (κ2) is 10.2. The summed E-state index contributed by atoms with van der Waals surface area (Å²) in [7, 11) is 0. The average Bonchev–Trinajstić information content (AvgIpc) is 3.14. The first kappa shape index (κ1) is 21.8. The number of unbranched alkanes of at least 4 members (excludes halogenated alkanes) is 1. The number of hydrogen-bond donors (Lipinski definition) is 1. The zero-order chi connectivity index (χ0) is 21.5. The molecule has 0 spiro atoms. The van der Waals surface area contributed by atoms with E-state index in [0.717, 1.165) is 41.9 Å². The van der Waals surface area contributed by atoms with Gasteiger partial charge in [0, 0.05) is 35.8 Å². The lowest BCUT2D eigenvalue weighted by Gasteiger charge is -2.15. The van der Waals surface area contributed by atoms with Crippen molar-refractivity contribution in [3.8, 4) is 0 Å². The van der Waals surface area contributed by atoms with Gasteiger partial charge in [0.25, 0.3) is 0 Å². The second-order valence-corrected chi connectivity index (χ2v) is 7.69. The Morgan fingerprint density at radius 3 is 2.57 bits per heavy atom. The Morgan fingerprint density at radius 2 is 1.90 bits per heavy atom. The Labute approximate surface area is 182 Å². The van der Waals surface area contributed by atoms with Gasteiger partial charge in [-0.15, -0.1) is 0 Å². The number of nitrogens with zero attached hydrogens (tertiary/aromatic N) is 3. The number of pyridine rings is 1. The lowest BCUT2D eigenvalue weighted by atomic mass is 9.99. The summed E-state index contributed by atoms with van der Waals surface area (Å²) in [5.41, 5.74) is 3.76. The molecule has 6 heteroatoms. The molecule has 0 bridgehead atoms. The number of imidazole rings is 1. The molecule has 0 aliphatic rings. The molecule has 0 amide bonds. The van der Waals surface area contributed by atoms with E-state index in [-0.39, 0.29) is 0 Å². The maximum absolute atomic E-state index is 12.1. The van der Waals surface area contributed by atoms with Crippen LogP contribution in [-0.4, -0.2) is 25.6 Å². The van der Waals surface area contributed by atoms with Crippen molar-refractivity contribution in [2.24, 2.45) is 0 Å². The third-order valence-corrected chi connectivity index (χ3v) is 5.57. The van der Waals surface area contributed by atoms with E-state index < -0.39 is 5.97 Å². The number of carboxylic acids is 1. The minimum atomic E-state index is -0.926. The van der Waals surface area contributed by atoms with Gasteiger partial charge < -0.3 is 9.67 Å². The number of halogens is 1. The summed E-state index contributed by atoms with van der Waals surface area (Å²) in [5.74, 6) is 0.0182. The van der Waals surface area contributed by atoms with Gasteiger partial charge in [0.1, 0.15) is 5.82 Å². The van der Waals surface area contributed by atoms with E-state index in [0.29, 0.717) is 29.1 Å². The molecule has 0 aliphatic carbocycles. The number of rotatable bonds is 9. The van der Waals surface area contributed by atoms with Gasteiger partial charge in [-0.1, -0.05) is 43.1 Å². The molecule has 156 valence electrons. The van der Waals surface area contributed by atoms with Crippen LogP contribution in [0.3, 0.4) is 0 Å². The van der Waals surface area contributed by atoms with E-state index >= 15 is 0 Å². The van der Waals surface area contributed by atoms with Gasteiger partial charge in [-0.25, -0.2) is 9.78 Å². The molecule has 3 aromatic rings. The van der Waals surface area contributed by atoms with Crippen molar-refractivity contribution < 1.29 is 9.90 Å². The second-order valence-electron chi connectivity index (χ2n) is 7.28. The number of benzene rings is 1. The van der Waals surface area contributed by atoms with Gasteiger partial charge in [0.05, 0.1) is 18.4 Å². The lowest BCUT2D eigenvalue weighted by Crippen LogP contribution is -2.12. The summed E-state index contributed by atoms with van der Waals surface area (Å²) < 4.78 is 2.10. The Kier molecular flexibility index (Phi) is 7.41. The molecule has 0 unspecified atom stereocenters. The molecule has 1 N–H and O–H groups in total. The average molecular weight is 424 g/mol. The molecular weight excluding hydrogens is 398 g/mol. The molecular formula is C24H26ClN3O2. The highest BCUT2D eigenvalue weighted by atomic mass is 35.5. The molecule has 5 nitrogen and oxygen atoms in total. The fraction of sp³-hybridized carbons (Fsp3) is 0.292. The van der Waals surface area contributed by atoms with E-state index in [2.05, 4.69) is 21.5 Å². The van der Waals surface area contributed by atoms with E-state index in [1.54, 1.807) is 18.6 Å². The summed E-state index contributed by atoms with van der Waals surface area (Å²) in [6, 6.07) is 11.4. The van der Waals surface area contributed by atoms with E-state index in [9.17, 15) is 9.90 Å². The van der Waals surface area contributed by atoms with Gasteiger partial charge in [-0.3, -0.25) is 4.98 Å². The van der Waals surface area contributed by atoms with Crippen molar-refractivity contribution in [3.05, 3.63) is 88.2 Å². The van der Waals surface area contributed by atoms with Crippen LogP contribution in [0.4, 0.5) is 0 Å². The number of carboxylic acid groups (broad SMARTS) is 1. The van der Waals surface area contributed by atoms with E-state index in [1.165, 1.54) is 0 Å². The minimum absolute atomic E-state index is 0.325. The summed E-state index contributed by atoms with van der Waals surface area (Å²) in [5, 5.41) is 10.6. The Hall–Kier alpha value is -2.92. The molecule has 30 heavy (non-hydrogen) atoms. The van der Waals surface area contributed by atoms with Crippen LogP contribution in [-0.2, 0) is 24.2 Å². The van der Waals surface area contributed by atoms with Gasteiger partial charge in [-0.05, 0) is 48.2 Å². The SMILES string of the molecule is CCCCc1ncc(C(C)=C(Cc2ccncc2)C(=O)O)n1Cc1ccccc1Cl. The molecule has 0 fully saturated rings. The number of carbonyl (C=O) groups is 1. The highest BCUT2D eigenvalue weighted by molar-refractivity contribution is 6.31. The summed E-state index contributed by atoms with van der Waals surface area (Å²) in [6.45, 7) is 4.55. The van der Waals surface area contributed by atoms with Crippen LogP contribution in [0.2, 0.25) is 5.02 Å². The van der Waals surface area contributed by atoms with Crippen molar-refractivity contribution in [3.63, 3.8) is 0 Å². The predicted molar refractivity (Wildman–Crippen MR) is 120 cm³/mol. The quantitative estimate of drug-likeness (QED) is 0.466. The monoisotopic (exact) mass is 423 g/mol. The molecule has 3 rings (SSSR count). The van der Waals surface area contributed by atoms with Crippen LogP contribution in [0.15, 0.2) is 60.6 Å². The highest BCUT2D eigenvalue weighted by Gasteiger charge is 2.19. The summed E-state index contributed by atoms with van der Waals surface area (Å²) in [4.78, 5) is 20.7. The minimum Gasteiger partial charge on any atom is -0.478 e. The molecule has 1 aromatic carbocycles. The molecule has 0 aliphatic heterocycles. The molecule has 0 atom stereocenters. The smallest absolute Gasteiger partial charge is 0.332 e. The van der Waals surface area contributed by atoms with Crippen LogP contribution in [0, 0.1) is 0 Å². The first-order valence-corrected chi connectivity index (χ1v) is 10.5. The third-order valence-electron chi connectivity index (χ3n) is 5.20. The first-order valence-electron chi connectivity index (χ1n) is 10.1. The zero-order valence-electron chi connectivity index (χ0n) is 17.3. The largest absolute Gasteiger partial charge is 0.478 e. The molecule has 2 heterocycles. The molecule has 0 saturated heterocycles. The van der Waals surface area contributed by atoms with Gasteiger partial charge in [-0.2, -0.15) is 0 Å². The van der Waals surface area contributed by atoms with E-state index in [1.807, 2.05) is 43.3 Å². The van der Waals surface area contributed by atoms with Crippen molar-refractivity contribution in [1.82, 2.24) is 14.5 Å². The first-order chi connectivity index (χ1) is 14.5. The van der Waals surface area contributed by atoms with Crippen molar-refractivity contribution in [2.75, 3.05) is 0 Å². The van der Waals surface area contributed by atoms with Gasteiger partial charge in [0.15, 0.2) is 0 Å². The Bertz CT molecular complexity index is 1040. The Morgan fingerprint density at radius 1 is 1.17 bits per heavy atom. The topological polar surface area (TPSA) is 68.0 Å². The van der Waals surface area contributed by atoms with E-state index in [4.69, 9.17) is 11.6 Å². The fourth-order valence-corrected chi connectivity index (χ4v) is 3.64. The number of aromatic nitrogens is 3. The van der Waals surface area contributed by atoms with Crippen LogP contribution in [0.5, 0.6) is 0 Å². The zero-order valence-corrected chi connectivity index (χ0v) is 18.1. The normalized spacial score (nSPS) is 12.0. The van der Waals surface area contributed by atoms with Gasteiger partial charge >= 0.3 is 5.97 Å².